The summed E-state index contributed by atoms with van der Waals surface area (Å²) < 4.78 is 0. The van der Waals surface area contributed by atoms with Gasteiger partial charge in [-0.15, -0.1) is 0 Å². The first-order valence-corrected chi connectivity index (χ1v) is 27.3. The number of aromatic nitrogens is 3. The van der Waals surface area contributed by atoms with Gasteiger partial charge in [0.1, 0.15) is 0 Å². The maximum atomic E-state index is 10.8. The topological polar surface area (TPSA) is 92.7 Å². The molecule has 0 atom stereocenters. The van der Waals surface area contributed by atoms with Crippen LogP contribution < -0.4 is 9.80 Å². The molecular formula is C71H67N7. The molecule has 11 rings (SSSR count). The van der Waals surface area contributed by atoms with E-state index in [9.17, 15) is 10.5 Å². The molecule has 1 aromatic heterocycles. The highest BCUT2D eigenvalue weighted by Crippen LogP contribution is 2.56. The Balaban J connectivity index is 1.28. The standard InChI is InChI=1S/C71H67N7/c1-36-40(5)48(13)65-58(44(36)9)32-59-45(10)37(2)41(6)49(14)66(59)77(65)63-29-26-52(34-72)30-62(63)71-75-69(53-22-18-17-19-23-53)74-70(76-71)57-28-27-54(56-25-21-20-24-55(56)35-73)31-64(57)78-67-50(15)42(7)38(3)46(11)60(67)33-61-47(12)39(4)43(8)51(16)68(61)78/h17-31H,32-33H2,1-16H3. The van der Waals surface area contributed by atoms with Crippen LogP contribution in [0.1, 0.15) is 122 Å². The van der Waals surface area contributed by atoms with Crippen molar-refractivity contribution < 1.29 is 0 Å². The Morgan fingerprint density at radius 2 is 0.744 bits per heavy atom. The fraction of sp³-hybridized carbons (Fsp3) is 0.254. The Labute approximate surface area is 461 Å². The van der Waals surface area contributed by atoms with Crippen molar-refractivity contribution in [1.82, 2.24) is 15.0 Å². The summed E-state index contributed by atoms with van der Waals surface area (Å²) in [5.74, 6) is 1.46. The van der Waals surface area contributed by atoms with Crippen LogP contribution in [0.25, 0.3) is 45.3 Å². The predicted octanol–water partition coefficient (Wildman–Crippen LogP) is 18.0. The van der Waals surface area contributed by atoms with Crippen LogP contribution in [-0.4, -0.2) is 15.0 Å². The maximum absolute atomic E-state index is 10.8. The number of hydrogen-bond acceptors (Lipinski definition) is 7. The van der Waals surface area contributed by atoms with Crippen LogP contribution in [0.5, 0.6) is 0 Å². The zero-order valence-electron chi connectivity index (χ0n) is 48.2. The molecule has 78 heavy (non-hydrogen) atoms. The first kappa shape index (κ1) is 51.5. The summed E-state index contributed by atoms with van der Waals surface area (Å²) in [6, 6.07) is 35.5. The molecule has 7 heteroatoms. The van der Waals surface area contributed by atoms with Crippen molar-refractivity contribution in [3.63, 3.8) is 0 Å². The van der Waals surface area contributed by atoms with Gasteiger partial charge in [-0.1, -0.05) is 54.6 Å². The van der Waals surface area contributed by atoms with Crippen molar-refractivity contribution in [1.29, 1.82) is 10.5 Å². The van der Waals surface area contributed by atoms with Gasteiger partial charge in [0.15, 0.2) is 17.5 Å². The summed E-state index contributed by atoms with van der Waals surface area (Å²) in [5, 5.41) is 21.4. The smallest absolute Gasteiger partial charge is 0.166 e. The van der Waals surface area contributed by atoms with Crippen molar-refractivity contribution in [3.8, 4) is 57.4 Å². The molecule has 0 saturated carbocycles. The second-order valence-electron chi connectivity index (χ2n) is 22.2. The van der Waals surface area contributed by atoms with Crippen LogP contribution in [0.3, 0.4) is 0 Å². The van der Waals surface area contributed by atoms with Crippen molar-refractivity contribution in [3.05, 3.63) is 213 Å². The van der Waals surface area contributed by atoms with E-state index in [0.717, 1.165) is 63.4 Å². The summed E-state index contributed by atoms with van der Waals surface area (Å²) >= 11 is 0. The van der Waals surface area contributed by atoms with Gasteiger partial charge >= 0.3 is 0 Å². The minimum absolute atomic E-state index is 0.456. The van der Waals surface area contributed by atoms with E-state index in [1.165, 1.54) is 123 Å². The van der Waals surface area contributed by atoms with Crippen LogP contribution in [-0.2, 0) is 12.8 Å². The largest absolute Gasteiger partial charge is 0.309 e. The molecule has 0 amide bonds. The summed E-state index contributed by atoms with van der Waals surface area (Å²) in [6.45, 7) is 36.1. The van der Waals surface area contributed by atoms with Crippen molar-refractivity contribution in [2.24, 2.45) is 0 Å². The Morgan fingerprint density at radius 3 is 1.21 bits per heavy atom. The van der Waals surface area contributed by atoms with Gasteiger partial charge in [-0.3, -0.25) is 0 Å². The van der Waals surface area contributed by atoms with E-state index >= 15 is 0 Å². The fourth-order valence-electron chi connectivity index (χ4n) is 12.8. The fourth-order valence-corrected chi connectivity index (χ4v) is 12.8. The van der Waals surface area contributed by atoms with Crippen molar-refractivity contribution in [2.45, 2.75) is 124 Å². The molecule has 0 aliphatic carbocycles. The van der Waals surface area contributed by atoms with Crippen LogP contribution in [0.2, 0.25) is 0 Å². The van der Waals surface area contributed by atoms with Gasteiger partial charge in [-0.2, -0.15) is 10.5 Å². The highest BCUT2D eigenvalue weighted by atomic mass is 15.2. The van der Waals surface area contributed by atoms with E-state index in [0.29, 0.717) is 28.6 Å². The molecule has 2 aliphatic rings. The number of nitriles is 2. The number of anilines is 6. The van der Waals surface area contributed by atoms with Crippen molar-refractivity contribution >= 4 is 34.1 Å². The molecule has 3 heterocycles. The lowest BCUT2D eigenvalue weighted by Gasteiger charge is -2.40. The number of benzene rings is 8. The summed E-state index contributed by atoms with van der Waals surface area (Å²) in [7, 11) is 0. The van der Waals surface area contributed by atoms with Gasteiger partial charge in [0.2, 0.25) is 0 Å². The van der Waals surface area contributed by atoms with Gasteiger partial charge in [0.25, 0.3) is 0 Å². The third-order valence-electron chi connectivity index (χ3n) is 18.8. The Morgan fingerprint density at radius 1 is 0.333 bits per heavy atom. The van der Waals surface area contributed by atoms with E-state index in [1.807, 2.05) is 54.6 Å². The minimum atomic E-state index is 0.456. The number of rotatable bonds is 6. The molecule has 0 N–H and O–H groups in total. The lowest BCUT2D eigenvalue weighted by molar-refractivity contribution is 0.992. The summed E-state index contributed by atoms with van der Waals surface area (Å²) in [6.07, 6.45) is 1.62. The molecular weight excluding hydrogens is 951 g/mol. The highest BCUT2D eigenvalue weighted by Gasteiger charge is 2.37. The highest BCUT2D eigenvalue weighted by molar-refractivity contribution is 5.98. The minimum Gasteiger partial charge on any atom is -0.309 e. The maximum Gasteiger partial charge on any atom is 0.166 e. The Kier molecular flexibility index (Phi) is 12.6. The molecule has 0 radical (unpaired) electrons. The molecule has 8 aromatic carbocycles. The molecule has 2 aliphatic heterocycles. The van der Waals surface area contributed by atoms with E-state index in [2.05, 4.69) is 169 Å². The number of fused-ring (bicyclic) bond motifs is 4. The van der Waals surface area contributed by atoms with E-state index in [-0.39, 0.29) is 0 Å². The Hall–Kier alpha value is -8.65. The molecule has 7 nitrogen and oxygen atoms in total. The van der Waals surface area contributed by atoms with Crippen LogP contribution >= 0.6 is 0 Å². The van der Waals surface area contributed by atoms with E-state index in [1.54, 1.807) is 0 Å². The van der Waals surface area contributed by atoms with Gasteiger partial charge < -0.3 is 9.80 Å². The zero-order chi connectivity index (χ0) is 55.5. The molecule has 386 valence electrons. The second-order valence-corrected chi connectivity index (χ2v) is 22.2. The van der Waals surface area contributed by atoms with Crippen LogP contribution in [0.4, 0.5) is 34.1 Å². The lowest BCUT2D eigenvalue weighted by atomic mass is 9.80. The third kappa shape index (κ3) is 7.69. The van der Waals surface area contributed by atoms with Crippen LogP contribution in [0, 0.1) is 133 Å². The van der Waals surface area contributed by atoms with E-state index < -0.39 is 0 Å². The average Bonchev–Trinajstić information content (AvgIpc) is 3.66. The van der Waals surface area contributed by atoms with Crippen LogP contribution in [0.15, 0.2) is 91.0 Å². The number of hydrogen-bond donors (Lipinski definition) is 0. The Bertz CT molecular complexity index is 4040. The van der Waals surface area contributed by atoms with E-state index in [4.69, 9.17) is 15.0 Å². The third-order valence-corrected chi connectivity index (χ3v) is 18.8. The normalized spacial score (nSPS) is 12.4. The first-order valence-electron chi connectivity index (χ1n) is 27.3. The molecule has 0 fully saturated rings. The monoisotopic (exact) mass is 1020 g/mol. The molecule has 0 bridgehead atoms. The molecule has 0 saturated heterocycles. The molecule has 0 unspecified atom stereocenters. The van der Waals surface area contributed by atoms with Gasteiger partial charge in [0, 0.05) is 29.5 Å². The van der Waals surface area contributed by atoms with Gasteiger partial charge in [-0.05, 0) is 270 Å². The quantitative estimate of drug-likeness (QED) is 0.164. The summed E-state index contributed by atoms with van der Waals surface area (Å²) in [4.78, 5) is 21.7. The second kappa shape index (κ2) is 19.1. The van der Waals surface area contributed by atoms with Gasteiger partial charge in [-0.25, -0.2) is 15.0 Å². The zero-order valence-corrected chi connectivity index (χ0v) is 48.2. The lowest BCUT2D eigenvalue weighted by Crippen LogP contribution is -2.25. The van der Waals surface area contributed by atoms with Gasteiger partial charge in [0.05, 0.1) is 57.4 Å². The molecule has 9 aromatic rings. The summed E-state index contributed by atoms with van der Waals surface area (Å²) in [5.41, 5.74) is 37.2. The average molecular weight is 1020 g/mol. The SMILES string of the molecule is Cc1c(C)c(C)c2c(c1C)Cc1c(C)c(C)c(C)c(C)c1N2c1ccc(C#N)cc1-c1nc(-c2ccccc2)nc(-c2ccc(-c3ccccc3C#N)cc2N2c3c(C)c(C)c(C)c(C)c3Cc3c(C)c(C)c(C)c(C)c32)n1. The predicted molar refractivity (Wildman–Crippen MR) is 322 cm³/mol. The van der Waals surface area contributed by atoms with Crippen molar-refractivity contribution in [2.75, 3.05) is 9.80 Å². The number of nitrogens with zero attached hydrogens (tertiary/aromatic N) is 7. The molecule has 0 spiro atoms. The first-order chi connectivity index (χ1) is 37.3.